The second-order valence-corrected chi connectivity index (χ2v) is 7.57. The minimum Gasteiger partial charge on any atom is -0.497 e. The summed E-state index contributed by atoms with van der Waals surface area (Å²) in [6.45, 7) is 4.15. The third-order valence-corrected chi connectivity index (χ3v) is 5.52. The fourth-order valence-corrected chi connectivity index (χ4v) is 4.00. The number of fused-ring (bicyclic) bond motifs is 5. The number of ether oxygens (including phenoxy) is 5. The Morgan fingerprint density at radius 3 is 2.62 bits per heavy atom. The van der Waals surface area contributed by atoms with E-state index in [4.69, 9.17) is 23.7 Å². The summed E-state index contributed by atoms with van der Waals surface area (Å²) in [7, 11) is 4.81. The summed E-state index contributed by atoms with van der Waals surface area (Å²) in [6.07, 6.45) is 2.11. The van der Waals surface area contributed by atoms with E-state index in [9.17, 15) is 5.11 Å². The summed E-state index contributed by atoms with van der Waals surface area (Å²) in [5.41, 5.74) is 2.14. The van der Waals surface area contributed by atoms with Gasteiger partial charge in [0, 0.05) is 22.8 Å². The summed E-state index contributed by atoms with van der Waals surface area (Å²) in [6, 6.07) is 7.31. The van der Waals surface area contributed by atoms with Crippen molar-refractivity contribution >= 4 is 0 Å². The van der Waals surface area contributed by atoms with Gasteiger partial charge in [-0.05, 0) is 38.5 Å². The Kier molecular flexibility index (Phi) is 4.82. The topological polar surface area (TPSA) is 66.4 Å². The highest BCUT2D eigenvalue weighted by Gasteiger charge is 2.54. The van der Waals surface area contributed by atoms with Crippen molar-refractivity contribution in [3.63, 3.8) is 0 Å². The molecule has 0 bridgehead atoms. The van der Waals surface area contributed by atoms with Crippen LogP contribution in [0.2, 0.25) is 0 Å². The monoisotopic (exact) mass is 398 g/mol. The lowest BCUT2D eigenvalue weighted by atomic mass is 9.84. The molecule has 2 heterocycles. The molecule has 2 aliphatic heterocycles. The molecule has 29 heavy (non-hydrogen) atoms. The van der Waals surface area contributed by atoms with Crippen LogP contribution in [0.4, 0.5) is 0 Å². The van der Waals surface area contributed by atoms with Gasteiger partial charge in [0.2, 0.25) is 0 Å². The van der Waals surface area contributed by atoms with Crippen molar-refractivity contribution in [2.24, 2.45) is 0 Å². The molecule has 0 radical (unpaired) electrons. The van der Waals surface area contributed by atoms with Crippen LogP contribution in [0.25, 0.3) is 0 Å². The molecule has 0 saturated heterocycles. The zero-order valence-corrected chi connectivity index (χ0v) is 17.4. The van der Waals surface area contributed by atoms with E-state index in [0.717, 1.165) is 11.1 Å². The number of benzene rings is 2. The van der Waals surface area contributed by atoms with Crippen LogP contribution in [-0.2, 0) is 12.0 Å². The lowest BCUT2D eigenvalue weighted by molar-refractivity contribution is -0.0865. The van der Waals surface area contributed by atoms with Crippen LogP contribution in [0.5, 0.6) is 28.7 Å². The van der Waals surface area contributed by atoms with E-state index in [0.29, 0.717) is 40.7 Å². The molecular formula is C23H26O6. The maximum absolute atomic E-state index is 11.6. The van der Waals surface area contributed by atoms with Gasteiger partial charge in [-0.25, -0.2) is 0 Å². The SMILES string of the molecule is COc1ccc2c(c1)OCC1(O)c3cc(OC)c(OC)c(CC=C(C)C)c3OC21. The van der Waals surface area contributed by atoms with Crippen molar-refractivity contribution in [2.75, 3.05) is 27.9 Å². The quantitative estimate of drug-likeness (QED) is 0.770. The van der Waals surface area contributed by atoms with Gasteiger partial charge in [-0.3, -0.25) is 0 Å². The summed E-state index contributed by atoms with van der Waals surface area (Å²) in [4.78, 5) is 0. The number of aliphatic hydroxyl groups is 1. The van der Waals surface area contributed by atoms with E-state index < -0.39 is 11.7 Å². The molecule has 2 atom stereocenters. The average molecular weight is 398 g/mol. The van der Waals surface area contributed by atoms with E-state index in [2.05, 4.69) is 6.08 Å². The Morgan fingerprint density at radius 1 is 1.17 bits per heavy atom. The molecule has 2 aromatic carbocycles. The largest absolute Gasteiger partial charge is 0.497 e. The summed E-state index contributed by atoms with van der Waals surface area (Å²) < 4.78 is 28.8. The van der Waals surface area contributed by atoms with Crippen molar-refractivity contribution in [2.45, 2.75) is 32.0 Å². The summed E-state index contributed by atoms with van der Waals surface area (Å²) >= 11 is 0. The fraction of sp³-hybridized carbons (Fsp3) is 0.391. The van der Waals surface area contributed by atoms with Crippen molar-refractivity contribution < 1.29 is 28.8 Å². The Hall–Kier alpha value is -2.86. The van der Waals surface area contributed by atoms with Gasteiger partial charge in [0.05, 0.1) is 21.3 Å². The molecule has 154 valence electrons. The Bertz CT molecular complexity index is 976. The fourth-order valence-electron chi connectivity index (χ4n) is 4.00. The standard InChI is InChI=1S/C23H26O6/c1-13(2)6-8-16-20-17(11-19(26-4)21(16)27-5)23(24)12-28-18-10-14(25-3)7-9-15(18)22(23)29-20/h6-7,9-11,22,24H,8,12H2,1-5H3. The number of allylic oxidation sites excluding steroid dienone is 2. The van der Waals surface area contributed by atoms with Crippen LogP contribution in [0.1, 0.15) is 36.6 Å². The highest BCUT2D eigenvalue weighted by Crippen LogP contribution is 2.58. The van der Waals surface area contributed by atoms with E-state index in [-0.39, 0.29) is 6.61 Å². The maximum atomic E-state index is 11.6. The molecule has 6 nitrogen and oxygen atoms in total. The zero-order chi connectivity index (χ0) is 20.8. The second kappa shape index (κ2) is 7.19. The van der Waals surface area contributed by atoms with Crippen LogP contribution < -0.4 is 23.7 Å². The first-order valence-corrected chi connectivity index (χ1v) is 9.54. The highest BCUT2D eigenvalue weighted by molar-refractivity contribution is 5.64. The van der Waals surface area contributed by atoms with Gasteiger partial charge in [-0.15, -0.1) is 0 Å². The number of rotatable bonds is 5. The van der Waals surface area contributed by atoms with Gasteiger partial charge in [-0.1, -0.05) is 11.6 Å². The van der Waals surface area contributed by atoms with Crippen LogP contribution in [0, 0.1) is 0 Å². The van der Waals surface area contributed by atoms with Crippen molar-refractivity contribution in [1.29, 1.82) is 0 Å². The molecule has 2 unspecified atom stereocenters. The minimum absolute atomic E-state index is 0.0718. The summed E-state index contributed by atoms with van der Waals surface area (Å²) in [5, 5.41) is 11.6. The Balaban J connectivity index is 1.88. The molecule has 0 aliphatic carbocycles. The first kappa shape index (κ1) is 19.5. The molecule has 0 aromatic heterocycles. The second-order valence-electron chi connectivity index (χ2n) is 7.57. The lowest BCUT2D eigenvalue weighted by Crippen LogP contribution is -2.41. The first-order chi connectivity index (χ1) is 13.9. The molecule has 0 spiro atoms. The molecule has 0 amide bonds. The smallest absolute Gasteiger partial charge is 0.168 e. The van der Waals surface area contributed by atoms with E-state index >= 15 is 0 Å². The predicted molar refractivity (Wildman–Crippen MR) is 108 cm³/mol. The Morgan fingerprint density at radius 2 is 1.97 bits per heavy atom. The molecule has 0 fully saturated rings. The van der Waals surface area contributed by atoms with E-state index in [1.807, 2.05) is 32.0 Å². The van der Waals surface area contributed by atoms with Crippen LogP contribution >= 0.6 is 0 Å². The normalized spacial score (nSPS) is 21.1. The van der Waals surface area contributed by atoms with Crippen LogP contribution in [0.15, 0.2) is 35.9 Å². The van der Waals surface area contributed by atoms with Crippen molar-refractivity contribution in [3.8, 4) is 28.7 Å². The molecule has 2 aliphatic rings. The zero-order valence-electron chi connectivity index (χ0n) is 17.4. The minimum atomic E-state index is -1.32. The van der Waals surface area contributed by atoms with Gasteiger partial charge in [0.1, 0.15) is 23.9 Å². The van der Waals surface area contributed by atoms with Crippen molar-refractivity contribution in [1.82, 2.24) is 0 Å². The third-order valence-electron chi connectivity index (χ3n) is 5.52. The summed E-state index contributed by atoms with van der Waals surface area (Å²) in [5.74, 6) is 3.14. The third kappa shape index (κ3) is 2.99. The predicted octanol–water partition coefficient (Wildman–Crippen LogP) is 3.93. The number of methoxy groups -OCH3 is 3. The van der Waals surface area contributed by atoms with Gasteiger partial charge >= 0.3 is 0 Å². The highest BCUT2D eigenvalue weighted by atomic mass is 16.5. The van der Waals surface area contributed by atoms with E-state index in [1.165, 1.54) is 5.57 Å². The first-order valence-electron chi connectivity index (χ1n) is 9.54. The molecule has 0 saturated carbocycles. The van der Waals surface area contributed by atoms with Crippen LogP contribution in [-0.4, -0.2) is 33.0 Å². The van der Waals surface area contributed by atoms with Gasteiger partial charge < -0.3 is 28.8 Å². The molecular weight excluding hydrogens is 372 g/mol. The molecule has 1 N–H and O–H groups in total. The van der Waals surface area contributed by atoms with E-state index in [1.54, 1.807) is 27.4 Å². The average Bonchev–Trinajstić information content (AvgIpc) is 3.03. The molecule has 2 aromatic rings. The van der Waals surface area contributed by atoms with Gasteiger partial charge in [0.25, 0.3) is 0 Å². The molecule has 4 rings (SSSR count). The van der Waals surface area contributed by atoms with Gasteiger partial charge in [-0.2, -0.15) is 0 Å². The number of hydrogen-bond acceptors (Lipinski definition) is 6. The molecule has 6 heteroatoms. The maximum Gasteiger partial charge on any atom is 0.168 e. The lowest BCUT2D eigenvalue weighted by Gasteiger charge is -2.34. The Labute approximate surface area is 170 Å². The van der Waals surface area contributed by atoms with Gasteiger partial charge in [0.15, 0.2) is 23.2 Å². The number of hydrogen-bond donors (Lipinski definition) is 1. The van der Waals surface area contributed by atoms with Crippen LogP contribution in [0.3, 0.4) is 0 Å². The van der Waals surface area contributed by atoms with Crippen molar-refractivity contribution in [3.05, 3.63) is 52.6 Å².